The average Bonchev–Trinajstić information content (AvgIpc) is 3.51. The van der Waals surface area contributed by atoms with Gasteiger partial charge in [0.25, 0.3) is 0 Å². The summed E-state index contributed by atoms with van der Waals surface area (Å²) in [5, 5.41) is 2.59. The lowest BCUT2D eigenvalue weighted by Crippen LogP contribution is -2.55. The van der Waals surface area contributed by atoms with Crippen LogP contribution in [0.5, 0.6) is 0 Å². The molecule has 2 heterocycles. The number of nitrogens with one attached hydrogen (secondary N) is 1. The number of carbonyl (C=O) groups is 2. The third-order valence-corrected chi connectivity index (χ3v) is 11.0. The highest BCUT2D eigenvalue weighted by atomic mass is 35.5. The van der Waals surface area contributed by atoms with Crippen LogP contribution in [0.25, 0.3) is 0 Å². The van der Waals surface area contributed by atoms with Crippen LogP contribution in [-0.4, -0.2) is 56.1 Å². The van der Waals surface area contributed by atoms with Crippen LogP contribution < -0.4 is 5.32 Å². The molecule has 0 radical (unpaired) electrons. The summed E-state index contributed by atoms with van der Waals surface area (Å²) in [7, 11) is -4.51. The second kappa shape index (κ2) is 9.58. The summed E-state index contributed by atoms with van der Waals surface area (Å²) in [6, 6.07) is 4.72. The molecule has 3 atom stereocenters. The Morgan fingerprint density at radius 2 is 1.66 bits per heavy atom. The molecule has 0 spiro atoms. The van der Waals surface area contributed by atoms with Crippen LogP contribution >= 0.6 is 11.6 Å². The van der Waals surface area contributed by atoms with Crippen molar-refractivity contribution in [3.05, 3.63) is 64.2 Å². The minimum absolute atomic E-state index is 0.0579. The van der Waals surface area contributed by atoms with E-state index in [1.165, 1.54) is 23.1 Å². The largest absolute Gasteiger partial charge is 0.435 e. The summed E-state index contributed by atoms with van der Waals surface area (Å²) >= 11 is 6.04. The van der Waals surface area contributed by atoms with Gasteiger partial charge in [-0.05, 0) is 55.0 Å². The fraction of sp³-hybridized carbons (Fsp3) is 0.462. The Morgan fingerprint density at radius 1 is 0.976 bits per heavy atom. The van der Waals surface area contributed by atoms with Gasteiger partial charge in [0.2, 0.25) is 11.8 Å². The van der Waals surface area contributed by atoms with Crippen LogP contribution in [0.2, 0.25) is 5.02 Å². The number of hydrogen-bond donors (Lipinski definition) is 1. The molecule has 2 amide bonds. The topological polar surface area (TPSA) is 83.6 Å². The Balaban J connectivity index is 1.69. The molecule has 15 heteroatoms. The number of fused-ring (bicyclic) bond motifs is 3. The highest BCUT2D eigenvalue weighted by Gasteiger charge is 2.74. The van der Waals surface area contributed by atoms with Gasteiger partial charge in [0.05, 0.1) is 10.9 Å². The first-order valence-electron chi connectivity index (χ1n) is 12.5. The van der Waals surface area contributed by atoms with E-state index in [4.69, 9.17) is 11.6 Å². The molecule has 222 valence electrons. The number of likely N-dealkylation sites (tertiary alicyclic amines) is 1. The molecule has 41 heavy (non-hydrogen) atoms. The van der Waals surface area contributed by atoms with Crippen molar-refractivity contribution in [1.29, 1.82) is 0 Å². The third-order valence-electron chi connectivity index (χ3n) is 8.23. The maximum Gasteiger partial charge on any atom is 0.435 e. The van der Waals surface area contributed by atoms with Gasteiger partial charge >= 0.3 is 18.0 Å². The summed E-state index contributed by atoms with van der Waals surface area (Å²) in [5.74, 6) is -0.896. The Hall–Kier alpha value is -2.87. The second-order valence-corrected chi connectivity index (χ2v) is 13.0. The number of carbonyl (C=O) groups excluding carboxylic acids is 2. The van der Waals surface area contributed by atoms with E-state index in [1.807, 2.05) is 0 Å². The summed E-state index contributed by atoms with van der Waals surface area (Å²) in [6.07, 6.45) is -13.0. The number of alkyl halides is 7. The van der Waals surface area contributed by atoms with E-state index in [9.17, 15) is 48.7 Å². The zero-order chi connectivity index (χ0) is 30.2. The Kier molecular flexibility index (Phi) is 6.92. The third kappa shape index (κ3) is 4.31. The van der Waals surface area contributed by atoms with Crippen LogP contribution in [0.15, 0.2) is 47.4 Å². The summed E-state index contributed by atoms with van der Waals surface area (Å²) in [6.45, 7) is -0.116. The van der Waals surface area contributed by atoms with Crippen LogP contribution in [0.4, 0.5) is 30.7 Å². The molecule has 1 aliphatic carbocycles. The Labute approximate surface area is 234 Å². The summed E-state index contributed by atoms with van der Waals surface area (Å²) in [5.41, 5.74) is -7.73. The van der Waals surface area contributed by atoms with E-state index in [-0.39, 0.29) is 65.6 Å². The van der Waals surface area contributed by atoms with Crippen molar-refractivity contribution in [2.24, 2.45) is 0 Å². The van der Waals surface area contributed by atoms with Gasteiger partial charge in [-0.15, -0.1) is 0 Å². The minimum Gasteiger partial charge on any atom is -0.344 e. The van der Waals surface area contributed by atoms with E-state index in [0.717, 1.165) is 12.1 Å². The quantitative estimate of drug-likeness (QED) is 0.478. The standard InChI is InChI=1S/C26H22ClF7N2O4S/c27-16-2-1-3-17(13-16)41(39,40)23-10-11-36(22(38)19-7-9-21(37)35-19)20(23)8-4-14-12-15(5-6-18(14)23)24(28,25(29,30)31)26(32,33)34/h1-3,5-6,12-13,19-20H,4,7-11H2,(H,35,37). The molecule has 2 aromatic rings. The molecule has 2 aromatic carbocycles. The molecular formula is C26H22ClF7N2O4S. The van der Waals surface area contributed by atoms with Crippen LogP contribution in [0.3, 0.4) is 0 Å². The number of sulfone groups is 1. The molecule has 0 bridgehead atoms. The number of nitrogens with zero attached hydrogens (tertiary/aromatic N) is 1. The maximum absolute atomic E-state index is 14.9. The predicted octanol–water partition coefficient (Wildman–Crippen LogP) is 5.12. The van der Waals surface area contributed by atoms with Crippen molar-refractivity contribution in [3.8, 4) is 0 Å². The van der Waals surface area contributed by atoms with Gasteiger partial charge in [0.15, 0.2) is 9.84 Å². The number of rotatable bonds is 4. The van der Waals surface area contributed by atoms with Gasteiger partial charge in [0.1, 0.15) is 10.8 Å². The summed E-state index contributed by atoms with van der Waals surface area (Å²) in [4.78, 5) is 26.2. The monoisotopic (exact) mass is 626 g/mol. The molecule has 3 unspecified atom stereocenters. The van der Waals surface area contributed by atoms with Crippen molar-refractivity contribution in [2.45, 2.75) is 71.9 Å². The van der Waals surface area contributed by atoms with Crippen LogP contribution in [-0.2, 0) is 36.3 Å². The fourth-order valence-electron chi connectivity index (χ4n) is 6.34. The van der Waals surface area contributed by atoms with Crippen molar-refractivity contribution in [1.82, 2.24) is 10.2 Å². The van der Waals surface area contributed by atoms with E-state index in [0.29, 0.717) is 12.1 Å². The van der Waals surface area contributed by atoms with E-state index >= 15 is 0 Å². The molecule has 1 N–H and O–H groups in total. The average molecular weight is 627 g/mol. The molecule has 5 rings (SSSR count). The Bertz CT molecular complexity index is 1510. The van der Waals surface area contributed by atoms with Crippen LogP contribution in [0, 0.1) is 0 Å². The SMILES string of the molecule is O=C1CCC(C(=O)N2CCC3(S(=O)(=O)c4cccc(Cl)c4)c4ccc(C(F)(C(F)(F)F)C(F)(F)F)cc4CCC23)N1. The molecule has 2 fully saturated rings. The number of hydrogen-bond acceptors (Lipinski definition) is 4. The van der Waals surface area contributed by atoms with Gasteiger partial charge in [-0.1, -0.05) is 35.9 Å². The number of aryl methyl sites for hydroxylation is 1. The van der Waals surface area contributed by atoms with E-state index < -0.39 is 56.2 Å². The number of benzene rings is 2. The molecule has 2 aliphatic heterocycles. The predicted molar refractivity (Wildman–Crippen MR) is 131 cm³/mol. The first kappa shape index (κ1) is 29.6. The summed E-state index contributed by atoms with van der Waals surface area (Å²) < 4.78 is 123. The highest BCUT2D eigenvalue weighted by Crippen LogP contribution is 2.56. The van der Waals surface area contributed by atoms with Gasteiger partial charge < -0.3 is 10.2 Å². The lowest BCUT2D eigenvalue weighted by atomic mass is 9.76. The second-order valence-electron chi connectivity index (χ2n) is 10.4. The van der Waals surface area contributed by atoms with Gasteiger partial charge in [-0.2, -0.15) is 26.3 Å². The van der Waals surface area contributed by atoms with Gasteiger partial charge in [-0.3, -0.25) is 9.59 Å². The van der Waals surface area contributed by atoms with E-state index in [1.54, 1.807) is 0 Å². The zero-order valence-corrected chi connectivity index (χ0v) is 22.5. The van der Waals surface area contributed by atoms with Crippen molar-refractivity contribution in [3.63, 3.8) is 0 Å². The highest BCUT2D eigenvalue weighted by molar-refractivity contribution is 7.92. The number of amides is 2. The maximum atomic E-state index is 14.9. The van der Waals surface area contributed by atoms with Crippen molar-refractivity contribution in [2.75, 3.05) is 6.54 Å². The van der Waals surface area contributed by atoms with Crippen LogP contribution in [0.1, 0.15) is 42.4 Å². The number of halogens is 8. The van der Waals surface area contributed by atoms with Gasteiger partial charge in [-0.25, -0.2) is 12.8 Å². The molecule has 6 nitrogen and oxygen atoms in total. The normalized spacial score (nSPS) is 25.1. The molecule has 3 aliphatic rings. The smallest absolute Gasteiger partial charge is 0.344 e. The Morgan fingerprint density at radius 3 is 2.24 bits per heavy atom. The molecule has 0 aromatic heterocycles. The molecular weight excluding hydrogens is 605 g/mol. The van der Waals surface area contributed by atoms with Gasteiger partial charge in [0, 0.05) is 23.6 Å². The minimum atomic E-state index is -6.34. The zero-order valence-electron chi connectivity index (χ0n) is 21.0. The lowest BCUT2D eigenvalue weighted by Gasteiger charge is -2.43. The van der Waals surface area contributed by atoms with Crippen molar-refractivity contribution >= 4 is 33.3 Å². The lowest BCUT2D eigenvalue weighted by molar-refractivity contribution is -0.348. The first-order chi connectivity index (χ1) is 18.9. The van der Waals surface area contributed by atoms with Crippen molar-refractivity contribution < 1.29 is 48.7 Å². The fourth-order valence-corrected chi connectivity index (χ4v) is 9.01. The van der Waals surface area contributed by atoms with E-state index in [2.05, 4.69) is 5.32 Å². The first-order valence-corrected chi connectivity index (χ1v) is 14.4. The molecule has 0 saturated carbocycles. The molecule has 2 saturated heterocycles.